The van der Waals surface area contributed by atoms with Crippen molar-refractivity contribution in [1.82, 2.24) is 10.3 Å². The second-order valence-corrected chi connectivity index (χ2v) is 6.37. The Kier molecular flexibility index (Phi) is 6.19. The minimum atomic E-state index is -0.120. The lowest BCUT2D eigenvalue weighted by atomic mass is 10.2. The summed E-state index contributed by atoms with van der Waals surface area (Å²) in [4.78, 5) is 30.5. The minimum Gasteiger partial charge on any atom is -0.370 e. The van der Waals surface area contributed by atoms with E-state index in [0.29, 0.717) is 30.8 Å². The summed E-state index contributed by atoms with van der Waals surface area (Å²) in [5.74, 6) is 0.344. The number of benzene rings is 1. The fraction of sp³-hybridized carbons (Fsp3) is 0.350. The summed E-state index contributed by atoms with van der Waals surface area (Å²) in [6, 6.07) is 12.9. The molecule has 0 aliphatic carbocycles. The highest BCUT2D eigenvalue weighted by Crippen LogP contribution is 2.20. The van der Waals surface area contributed by atoms with Gasteiger partial charge < -0.3 is 15.5 Å². The lowest BCUT2D eigenvalue weighted by molar-refractivity contribution is -0.116. The quantitative estimate of drug-likeness (QED) is 0.752. The van der Waals surface area contributed by atoms with Gasteiger partial charge in [-0.1, -0.05) is 18.2 Å². The summed E-state index contributed by atoms with van der Waals surface area (Å²) in [5, 5.41) is 5.62. The summed E-state index contributed by atoms with van der Waals surface area (Å²) in [5.41, 5.74) is 1.73. The molecule has 0 saturated carbocycles. The van der Waals surface area contributed by atoms with Gasteiger partial charge in [0.25, 0.3) is 5.91 Å². The predicted molar refractivity (Wildman–Crippen MR) is 102 cm³/mol. The molecule has 136 valence electrons. The molecule has 0 atom stereocenters. The Morgan fingerprint density at radius 3 is 2.50 bits per heavy atom. The fourth-order valence-electron chi connectivity index (χ4n) is 2.97. The van der Waals surface area contributed by atoms with Gasteiger partial charge in [0, 0.05) is 31.6 Å². The van der Waals surface area contributed by atoms with E-state index in [0.717, 1.165) is 18.8 Å². The summed E-state index contributed by atoms with van der Waals surface area (Å²) in [7, 11) is 0. The van der Waals surface area contributed by atoms with Crippen LogP contribution in [0.1, 0.15) is 36.0 Å². The van der Waals surface area contributed by atoms with E-state index in [1.54, 1.807) is 18.3 Å². The highest BCUT2D eigenvalue weighted by Gasteiger charge is 2.12. The number of pyridine rings is 1. The van der Waals surface area contributed by atoms with Crippen molar-refractivity contribution in [3.8, 4) is 0 Å². The van der Waals surface area contributed by atoms with E-state index in [4.69, 9.17) is 0 Å². The van der Waals surface area contributed by atoms with Gasteiger partial charge in [0.05, 0.1) is 11.9 Å². The van der Waals surface area contributed by atoms with Crippen LogP contribution in [0.5, 0.6) is 0 Å². The Morgan fingerprint density at radius 1 is 1.04 bits per heavy atom. The zero-order valence-corrected chi connectivity index (χ0v) is 14.8. The van der Waals surface area contributed by atoms with Gasteiger partial charge >= 0.3 is 0 Å². The highest BCUT2D eigenvalue weighted by molar-refractivity contribution is 5.94. The molecular weight excluding hydrogens is 328 g/mol. The van der Waals surface area contributed by atoms with Gasteiger partial charge in [-0.2, -0.15) is 0 Å². The van der Waals surface area contributed by atoms with E-state index in [1.165, 1.54) is 12.8 Å². The van der Waals surface area contributed by atoms with Gasteiger partial charge in [0.1, 0.15) is 5.82 Å². The molecule has 2 heterocycles. The van der Waals surface area contributed by atoms with Crippen molar-refractivity contribution >= 4 is 23.3 Å². The van der Waals surface area contributed by atoms with Crippen LogP contribution in [0.15, 0.2) is 48.7 Å². The van der Waals surface area contributed by atoms with Crippen LogP contribution in [0.2, 0.25) is 0 Å². The van der Waals surface area contributed by atoms with Crippen LogP contribution in [-0.2, 0) is 4.79 Å². The van der Waals surface area contributed by atoms with Gasteiger partial charge in [0.2, 0.25) is 5.91 Å². The van der Waals surface area contributed by atoms with Crippen molar-refractivity contribution < 1.29 is 9.59 Å². The first-order valence-electron chi connectivity index (χ1n) is 9.06. The monoisotopic (exact) mass is 352 g/mol. The zero-order chi connectivity index (χ0) is 18.2. The molecule has 0 bridgehead atoms. The molecule has 0 spiro atoms. The average molecular weight is 352 g/mol. The van der Waals surface area contributed by atoms with Crippen LogP contribution < -0.4 is 15.5 Å². The molecule has 1 fully saturated rings. The number of nitrogens with zero attached hydrogens (tertiary/aromatic N) is 2. The summed E-state index contributed by atoms with van der Waals surface area (Å²) in [6.07, 6.45) is 5.17. The van der Waals surface area contributed by atoms with Crippen molar-refractivity contribution in [1.29, 1.82) is 0 Å². The summed E-state index contributed by atoms with van der Waals surface area (Å²) in [6.45, 7) is 2.60. The SMILES string of the molecule is O=C(CCCNC(=O)c1ccccc1)Nc1ccc(N2CCCC2)cn1. The molecule has 1 saturated heterocycles. The Bertz CT molecular complexity index is 725. The number of amides is 2. The van der Waals surface area contributed by atoms with E-state index in [-0.39, 0.29) is 11.8 Å². The van der Waals surface area contributed by atoms with Gasteiger partial charge in [0.15, 0.2) is 0 Å². The Balaban J connectivity index is 1.37. The molecule has 0 unspecified atom stereocenters. The van der Waals surface area contributed by atoms with Crippen molar-refractivity contribution in [2.45, 2.75) is 25.7 Å². The molecule has 2 aromatic rings. The van der Waals surface area contributed by atoms with Crippen LogP contribution in [0.25, 0.3) is 0 Å². The second kappa shape index (κ2) is 8.99. The molecule has 2 N–H and O–H groups in total. The molecule has 1 aliphatic heterocycles. The third-order valence-corrected chi connectivity index (χ3v) is 4.39. The van der Waals surface area contributed by atoms with Crippen molar-refractivity contribution in [2.75, 3.05) is 29.9 Å². The van der Waals surface area contributed by atoms with Crippen molar-refractivity contribution in [3.05, 3.63) is 54.2 Å². The third-order valence-electron chi connectivity index (χ3n) is 4.39. The third kappa shape index (κ3) is 5.05. The normalized spacial score (nSPS) is 13.5. The Hall–Kier alpha value is -2.89. The minimum absolute atomic E-state index is 0.0969. The molecular formula is C20H24N4O2. The van der Waals surface area contributed by atoms with E-state index in [9.17, 15) is 9.59 Å². The molecule has 1 aromatic heterocycles. The number of anilines is 2. The molecule has 6 heteroatoms. The Morgan fingerprint density at radius 2 is 1.81 bits per heavy atom. The van der Waals surface area contributed by atoms with Crippen LogP contribution >= 0.6 is 0 Å². The summed E-state index contributed by atoms with van der Waals surface area (Å²) < 4.78 is 0. The number of hydrogen-bond donors (Lipinski definition) is 2. The Labute approximate surface area is 153 Å². The van der Waals surface area contributed by atoms with Crippen LogP contribution in [0, 0.1) is 0 Å². The van der Waals surface area contributed by atoms with Gasteiger partial charge in [-0.15, -0.1) is 0 Å². The van der Waals surface area contributed by atoms with Gasteiger partial charge in [-0.25, -0.2) is 4.98 Å². The maximum atomic E-state index is 12.0. The average Bonchev–Trinajstić information content (AvgIpc) is 3.21. The number of carbonyl (C=O) groups is 2. The molecule has 1 aliphatic rings. The topological polar surface area (TPSA) is 74.3 Å². The van der Waals surface area contributed by atoms with Crippen LogP contribution in [0.3, 0.4) is 0 Å². The van der Waals surface area contributed by atoms with Gasteiger partial charge in [-0.05, 0) is 43.5 Å². The van der Waals surface area contributed by atoms with Crippen LogP contribution in [-0.4, -0.2) is 36.4 Å². The smallest absolute Gasteiger partial charge is 0.251 e. The molecule has 0 radical (unpaired) electrons. The number of rotatable bonds is 7. The summed E-state index contributed by atoms with van der Waals surface area (Å²) >= 11 is 0. The van der Waals surface area contributed by atoms with E-state index < -0.39 is 0 Å². The first-order valence-corrected chi connectivity index (χ1v) is 9.06. The van der Waals surface area contributed by atoms with E-state index >= 15 is 0 Å². The zero-order valence-electron chi connectivity index (χ0n) is 14.8. The lowest BCUT2D eigenvalue weighted by Crippen LogP contribution is -2.25. The highest BCUT2D eigenvalue weighted by atomic mass is 16.2. The number of aromatic nitrogens is 1. The number of hydrogen-bond acceptors (Lipinski definition) is 4. The first-order chi connectivity index (χ1) is 12.7. The van der Waals surface area contributed by atoms with Crippen LogP contribution in [0.4, 0.5) is 11.5 Å². The molecule has 1 aromatic carbocycles. The predicted octanol–water partition coefficient (Wildman–Crippen LogP) is 2.83. The first kappa shape index (κ1) is 17.9. The van der Waals surface area contributed by atoms with E-state index in [1.807, 2.05) is 30.3 Å². The van der Waals surface area contributed by atoms with E-state index in [2.05, 4.69) is 20.5 Å². The maximum Gasteiger partial charge on any atom is 0.251 e. The van der Waals surface area contributed by atoms with Gasteiger partial charge in [-0.3, -0.25) is 9.59 Å². The largest absolute Gasteiger partial charge is 0.370 e. The van der Waals surface area contributed by atoms with Crippen molar-refractivity contribution in [3.63, 3.8) is 0 Å². The lowest BCUT2D eigenvalue weighted by Gasteiger charge is -2.17. The number of nitrogens with one attached hydrogen (secondary N) is 2. The van der Waals surface area contributed by atoms with Crippen molar-refractivity contribution in [2.24, 2.45) is 0 Å². The molecule has 26 heavy (non-hydrogen) atoms. The standard InChI is InChI=1S/C20H24N4O2/c25-19(9-6-12-21-20(26)16-7-2-1-3-8-16)23-18-11-10-17(15-22-18)24-13-4-5-14-24/h1-3,7-8,10-11,15H,4-6,9,12-14H2,(H,21,26)(H,22,23,25). The molecule has 3 rings (SSSR count). The molecule has 6 nitrogen and oxygen atoms in total. The molecule has 2 amide bonds. The second-order valence-electron chi connectivity index (χ2n) is 6.37. The fourth-order valence-corrected chi connectivity index (χ4v) is 2.97. The number of carbonyl (C=O) groups excluding carboxylic acids is 2. The maximum absolute atomic E-state index is 12.0.